The van der Waals surface area contributed by atoms with Crippen LogP contribution in [0.5, 0.6) is 5.75 Å². The molecule has 0 fully saturated rings. The summed E-state index contributed by atoms with van der Waals surface area (Å²) in [5, 5.41) is 13.4. The summed E-state index contributed by atoms with van der Waals surface area (Å²) in [6, 6.07) is 6.64. The van der Waals surface area contributed by atoms with Crippen LogP contribution in [0.2, 0.25) is 5.02 Å². The van der Waals surface area contributed by atoms with Crippen LogP contribution in [0.15, 0.2) is 30.3 Å². The predicted molar refractivity (Wildman–Crippen MR) is 99.2 cm³/mol. The van der Waals surface area contributed by atoms with Gasteiger partial charge in [0.2, 0.25) is 0 Å². The number of halogens is 1. The number of aryl methyl sites for hydroxylation is 1. The molecule has 9 nitrogen and oxygen atoms in total. The van der Waals surface area contributed by atoms with Gasteiger partial charge < -0.3 is 20.5 Å². The number of ether oxygens (including phenoxy) is 2. The molecule has 0 saturated carbocycles. The van der Waals surface area contributed by atoms with E-state index in [4.69, 9.17) is 26.8 Å². The van der Waals surface area contributed by atoms with Gasteiger partial charge >= 0.3 is 5.97 Å². The number of carbonyl (C=O) groups is 2. The molecule has 0 atom stereocenters. The zero-order valence-electron chi connectivity index (χ0n) is 14.4. The average Bonchev–Trinajstić information content (AvgIpc) is 2.63. The maximum absolute atomic E-state index is 12.2. The zero-order chi connectivity index (χ0) is 20.1. The van der Waals surface area contributed by atoms with Gasteiger partial charge in [0.25, 0.3) is 11.6 Å². The molecule has 10 heteroatoms. The second kappa shape index (κ2) is 8.37. The predicted octanol–water partition coefficient (Wildman–Crippen LogP) is 2.94. The average molecular weight is 394 g/mol. The first-order valence-corrected chi connectivity index (χ1v) is 7.95. The molecule has 142 valence electrons. The number of esters is 1. The minimum Gasteiger partial charge on any atom is -0.496 e. The van der Waals surface area contributed by atoms with Gasteiger partial charge in [0, 0.05) is 23.9 Å². The standard InChI is InChI=1S/C17H16ClN3O6/c1-9-5-10(21(24)25)3-4-14(9)20-16(22)8-27-17(23)11-6-12(18)13(19)7-15(11)26-2/h3-7H,8,19H2,1-2H3,(H,20,22). The van der Waals surface area contributed by atoms with Crippen LogP contribution in [0.3, 0.4) is 0 Å². The van der Waals surface area contributed by atoms with E-state index in [0.29, 0.717) is 11.3 Å². The van der Waals surface area contributed by atoms with E-state index in [0.717, 1.165) is 0 Å². The molecule has 0 unspecified atom stereocenters. The maximum atomic E-state index is 12.2. The van der Waals surface area contributed by atoms with E-state index >= 15 is 0 Å². The maximum Gasteiger partial charge on any atom is 0.342 e. The Morgan fingerprint density at radius 1 is 1.30 bits per heavy atom. The molecule has 0 aromatic heterocycles. The largest absolute Gasteiger partial charge is 0.496 e. The molecule has 0 aliphatic heterocycles. The van der Waals surface area contributed by atoms with Gasteiger partial charge in [0.1, 0.15) is 11.3 Å². The van der Waals surface area contributed by atoms with Gasteiger partial charge in [-0.25, -0.2) is 4.79 Å². The Kier molecular flexibility index (Phi) is 6.19. The van der Waals surface area contributed by atoms with Crippen molar-refractivity contribution in [1.82, 2.24) is 0 Å². The van der Waals surface area contributed by atoms with Gasteiger partial charge in [0.05, 0.1) is 22.7 Å². The van der Waals surface area contributed by atoms with Crippen molar-refractivity contribution in [1.29, 1.82) is 0 Å². The quantitative estimate of drug-likeness (QED) is 0.333. The summed E-state index contributed by atoms with van der Waals surface area (Å²) in [5.74, 6) is -1.27. The van der Waals surface area contributed by atoms with Gasteiger partial charge in [0.15, 0.2) is 6.61 Å². The van der Waals surface area contributed by atoms with E-state index in [1.54, 1.807) is 6.92 Å². The number of hydrogen-bond donors (Lipinski definition) is 2. The number of hydrogen-bond acceptors (Lipinski definition) is 7. The third kappa shape index (κ3) is 4.85. The number of benzene rings is 2. The molecule has 2 aromatic carbocycles. The van der Waals surface area contributed by atoms with Gasteiger partial charge in [-0.1, -0.05) is 11.6 Å². The number of nitrogens with zero attached hydrogens (tertiary/aromatic N) is 1. The highest BCUT2D eigenvalue weighted by atomic mass is 35.5. The molecule has 1 amide bonds. The molecular formula is C17H16ClN3O6. The molecule has 0 saturated heterocycles. The van der Waals surface area contributed by atoms with E-state index in [2.05, 4.69) is 5.32 Å². The van der Waals surface area contributed by atoms with E-state index in [-0.39, 0.29) is 27.7 Å². The second-order valence-electron chi connectivity index (χ2n) is 5.45. The van der Waals surface area contributed by atoms with Gasteiger partial charge in [-0.2, -0.15) is 0 Å². The van der Waals surface area contributed by atoms with Crippen molar-refractivity contribution in [2.45, 2.75) is 6.92 Å². The van der Waals surface area contributed by atoms with Gasteiger partial charge in [-0.05, 0) is 24.6 Å². The molecule has 27 heavy (non-hydrogen) atoms. The van der Waals surface area contributed by atoms with Crippen LogP contribution in [0.25, 0.3) is 0 Å². The summed E-state index contributed by atoms with van der Waals surface area (Å²) >= 11 is 5.89. The van der Waals surface area contributed by atoms with Crippen molar-refractivity contribution in [2.75, 3.05) is 24.8 Å². The Morgan fingerprint density at radius 3 is 2.59 bits per heavy atom. The highest BCUT2D eigenvalue weighted by molar-refractivity contribution is 6.33. The van der Waals surface area contributed by atoms with E-state index in [9.17, 15) is 19.7 Å². The van der Waals surface area contributed by atoms with Crippen molar-refractivity contribution in [3.63, 3.8) is 0 Å². The Bertz CT molecular complexity index is 916. The monoisotopic (exact) mass is 393 g/mol. The van der Waals surface area contributed by atoms with Crippen molar-refractivity contribution in [3.05, 3.63) is 56.6 Å². The normalized spacial score (nSPS) is 10.2. The number of anilines is 2. The van der Waals surface area contributed by atoms with Crippen molar-refractivity contribution in [3.8, 4) is 5.75 Å². The first-order chi connectivity index (χ1) is 12.7. The highest BCUT2D eigenvalue weighted by Gasteiger charge is 2.18. The SMILES string of the molecule is COc1cc(N)c(Cl)cc1C(=O)OCC(=O)Nc1ccc([N+](=O)[O-])cc1C. The molecule has 2 rings (SSSR count). The molecule has 0 radical (unpaired) electrons. The fraction of sp³-hybridized carbons (Fsp3) is 0.176. The first-order valence-electron chi connectivity index (χ1n) is 7.58. The van der Waals surface area contributed by atoms with Crippen molar-refractivity contribution >= 4 is 40.5 Å². The minimum atomic E-state index is -0.815. The number of non-ortho nitro benzene ring substituents is 1. The minimum absolute atomic E-state index is 0.0241. The Hall–Kier alpha value is -3.33. The molecule has 0 aliphatic carbocycles. The lowest BCUT2D eigenvalue weighted by atomic mass is 10.2. The summed E-state index contributed by atoms with van der Waals surface area (Å²) in [6.07, 6.45) is 0. The van der Waals surface area contributed by atoms with Crippen LogP contribution < -0.4 is 15.8 Å². The molecule has 2 aromatic rings. The fourth-order valence-electron chi connectivity index (χ4n) is 2.19. The lowest BCUT2D eigenvalue weighted by Gasteiger charge is -2.11. The lowest BCUT2D eigenvalue weighted by molar-refractivity contribution is -0.384. The number of nitrogens with two attached hydrogens (primary N) is 1. The summed E-state index contributed by atoms with van der Waals surface area (Å²) in [6.45, 7) is 1.04. The Balaban J connectivity index is 2.03. The summed E-state index contributed by atoms with van der Waals surface area (Å²) < 4.78 is 10.0. The van der Waals surface area contributed by atoms with Crippen molar-refractivity contribution < 1.29 is 24.0 Å². The van der Waals surface area contributed by atoms with Crippen LogP contribution >= 0.6 is 11.6 Å². The number of nitro benzene ring substituents is 1. The van der Waals surface area contributed by atoms with Crippen LogP contribution in [-0.2, 0) is 9.53 Å². The zero-order valence-corrected chi connectivity index (χ0v) is 15.2. The molecule has 0 heterocycles. The van der Waals surface area contributed by atoms with E-state index in [1.165, 1.54) is 37.4 Å². The molecule has 0 spiro atoms. The van der Waals surface area contributed by atoms with Crippen LogP contribution in [0.1, 0.15) is 15.9 Å². The number of nitrogen functional groups attached to an aromatic ring is 1. The number of carbonyl (C=O) groups excluding carboxylic acids is 2. The summed E-state index contributed by atoms with van der Waals surface area (Å²) in [5.41, 5.74) is 6.68. The fourth-order valence-corrected chi connectivity index (χ4v) is 2.36. The summed E-state index contributed by atoms with van der Waals surface area (Å²) in [4.78, 5) is 34.4. The number of methoxy groups -OCH3 is 1. The molecule has 3 N–H and O–H groups in total. The first kappa shape index (κ1) is 20.0. The second-order valence-corrected chi connectivity index (χ2v) is 5.86. The van der Waals surface area contributed by atoms with E-state index < -0.39 is 23.4 Å². The molecule has 0 bridgehead atoms. The van der Waals surface area contributed by atoms with Gasteiger partial charge in [-0.3, -0.25) is 14.9 Å². The van der Waals surface area contributed by atoms with Crippen LogP contribution in [0.4, 0.5) is 17.1 Å². The van der Waals surface area contributed by atoms with Crippen LogP contribution in [-0.4, -0.2) is 30.5 Å². The molecular weight excluding hydrogens is 378 g/mol. The van der Waals surface area contributed by atoms with Crippen LogP contribution in [0, 0.1) is 17.0 Å². The Morgan fingerprint density at radius 2 is 2.00 bits per heavy atom. The summed E-state index contributed by atoms with van der Waals surface area (Å²) in [7, 11) is 1.35. The topological polar surface area (TPSA) is 134 Å². The molecule has 0 aliphatic rings. The number of amides is 1. The van der Waals surface area contributed by atoms with Gasteiger partial charge in [-0.15, -0.1) is 0 Å². The number of nitro groups is 1. The number of nitrogens with one attached hydrogen (secondary N) is 1. The highest BCUT2D eigenvalue weighted by Crippen LogP contribution is 2.29. The number of rotatable bonds is 6. The lowest BCUT2D eigenvalue weighted by Crippen LogP contribution is -2.21. The smallest absolute Gasteiger partial charge is 0.342 e. The van der Waals surface area contributed by atoms with E-state index in [1.807, 2.05) is 0 Å². The third-order valence-electron chi connectivity index (χ3n) is 3.57. The Labute approximate surface area is 159 Å². The third-order valence-corrected chi connectivity index (χ3v) is 3.90. The van der Waals surface area contributed by atoms with Crippen molar-refractivity contribution in [2.24, 2.45) is 0 Å².